The lowest BCUT2D eigenvalue weighted by Crippen LogP contribution is -2.37. The highest BCUT2D eigenvalue weighted by Gasteiger charge is 2.29. The molecule has 4 rings (SSSR count). The number of ketones is 1. The Kier molecular flexibility index (Phi) is 5.60. The fourth-order valence-electron chi connectivity index (χ4n) is 4.06. The summed E-state index contributed by atoms with van der Waals surface area (Å²) in [4.78, 5) is 41.4. The molecule has 1 saturated heterocycles. The van der Waals surface area contributed by atoms with Crippen LogP contribution in [0.1, 0.15) is 41.8 Å². The van der Waals surface area contributed by atoms with Gasteiger partial charge in [-0.15, -0.1) is 0 Å². The van der Waals surface area contributed by atoms with Crippen molar-refractivity contribution >= 4 is 23.2 Å². The van der Waals surface area contributed by atoms with E-state index in [2.05, 4.69) is 0 Å². The van der Waals surface area contributed by atoms with Crippen LogP contribution in [0.3, 0.4) is 0 Å². The first-order chi connectivity index (χ1) is 14.1. The number of carbonyl (C=O) groups is 3. The van der Waals surface area contributed by atoms with E-state index in [0.29, 0.717) is 56.8 Å². The van der Waals surface area contributed by atoms with Crippen LogP contribution < -0.4 is 0 Å². The summed E-state index contributed by atoms with van der Waals surface area (Å²) in [5.41, 5.74) is 2.66. The van der Waals surface area contributed by atoms with Gasteiger partial charge in [0.05, 0.1) is 12.7 Å². The zero-order chi connectivity index (χ0) is 20.2. The highest BCUT2D eigenvalue weighted by atomic mass is 16.3. The predicted octanol–water partition coefficient (Wildman–Crippen LogP) is 3.16. The molecule has 1 aliphatic heterocycles. The van der Waals surface area contributed by atoms with E-state index < -0.39 is 0 Å². The Balaban J connectivity index is 1.43. The molecule has 0 atom stereocenters. The normalized spacial score (nSPS) is 17.6. The average Bonchev–Trinajstić information content (AvgIpc) is 3.32. The number of benzene rings is 1. The third kappa shape index (κ3) is 4.16. The molecule has 0 saturated carbocycles. The molecule has 6 nitrogen and oxygen atoms in total. The summed E-state index contributed by atoms with van der Waals surface area (Å²) in [6.45, 7) is 2.10. The molecule has 1 aromatic carbocycles. The van der Waals surface area contributed by atoms with Gasteiger partial charge in [-0.2, -0.15) is 0 Å². The minimum atomic E-state index is -0.149. The second kappa shape index (κ2) is 8.47. The van der Waals surface area contributed by atoms with Gasteiger partial charge in [-0.25, -0.2) is 0 Å². The van der Waals surface area contributed by atoms with Gasteiger partial charge in [0.1, 0.15) is 0 Å². The van der Waals surface area contributed by atoms with Gasteiger partial charge in [0.25, 0.3) is 5.91 Å². The Labute approximate surface area is 169 Å². The van der Waals surface area contributed by atoms with Crippen molar-refractivity contribution in [3.63, 3.8) is 0 Å². The Bertz CT molecular complexity index is 931. The van der Waals surface area contributed by atoms with Crippen molar-refractivity contribution in [3.8, 4) is 0 Å². The molecule has 0 radical (unpaired) electrons. The number of carbonyl (C=O) groups excluding carboxylic acids is 3. The number of Topliss-reactive ketones (excluding diaryl/α,β-unsaturated/α-hetero) is 1. The van der Waals surface area contributed by atoms with Gasteiger partial charge in [0.15, 0.2) is 11.5 Å². The number of furan rings is 1. The molecule has 0 spiro atoms. The molecule has 1 aromatic heterocycles. The van der Waals surface area contributed by atoms with Gasteiger partial charge in [-0.3, -0.25) is 14.4 Å². The van der Waals surface area contributed by atoms with Crippen molar-refractivity contribution < 1.29 is 18.8 Å². The molecule has 2 heterocycles. The van der Waals surface area contributed by atoms with Crippen molar-refractivity contribution in [2.45, 2.75) is 25.7 Å². The minimum absolute atomic E-state index is 0.0454. The summed E-state index contributed by atoms with van der Waals surface area (Å²) in [5, 5.41) is 0. The van der Waals surface area contributed by atoms with Gasteiger partial charge >= 0.3 is 0 Å². The summed E-state index contributed by atoms with van der Waals surface area (Å²) >= 11 is 0. The third-order valence-corrected chi connectivity index (χ3v) is 5.62. The molecule has 150 valence electrons. The first-order valence-electron chi connectivity index (χ1n) is 10.0. The van der Waals surface area contributed by atoms with Gasteiger partial charge in [-0.1, -0.05) is 30.3 Å². The summed E-state index contributed by atoms with van der Waals surface area (Å²) in [7, 11) is 0. The maximum atomic E-state index is 13.0. The molecule has 0 unspecified atom stereocenters. The van der Waals surface area contributed by atoms with Gasteiger partial charge < -0.3 is 14.2 Å². The molecule has 0 N–H and O–H groups in total. The van der Waals surface area contributed by atoms with Crippen molar-refractivity contribution in [3.05, 3.63) is 65.6 Å². The summed E-state index contributed by atoms with van der Waals surface area (Å²) in [6, 6.07) is 13.2. The minimum Gasteiger partial charge on any atom is -0.459 e. The van der Waals surface area contributed by atoms with E-state index in [1.807, 2.05) is 30.3 Å². The zero-order valence-corrected chi connectivity index (χ0v) is 16.3. The molecule has 29 heavy (non-hydrogen) atoms. The molecule has 1 aliphatic carbocycles. The molecular formula is C23H24N2O4. The van der Waals surface area contributed by atoms with Crippen LogP contribution in [0.4, 0.5) is 0 Å². The number of hydrogen-bond donors (Lipinski definition) is 0. The van der Waals surface area contributed by atoms with Gasteiger partial charge in [0.2, 0.25) is 5.91 Å². The Hall–Kier alpha value is -3.15. The molecule has 6 heteroatoms. The second-order valence-electron chi connectivity index (χ2n) is 7.43. The van der Waals surface area contributed by atoms with Crippen LogP contribution in [0, 0.1) is 0 Å². The molecule has 2 amide bonds. The second-order valence-corrected chi connectivity index (χ2v) is 7.43. The fraction of sp³-hybridized carbons (Fsp3) is 0.348. The Morgan fingerprint density at radius 1 is 0.897 bits per heavy atom. The van der Waals surface area contributed by atoms with E-state index >= 15 is 0 Å². The van der Waals surface area contributed by atoms with E-state index in [-0.39, 0.29) is 24.0 Å². The first kappa shape index (κ1) is 19.2. The fourth-order valence-corrected chi connectivity index (χ4v) is 4.06. The van der Waals surface area contributed by atoms with E-state index in [0.717, 1.165) is 11.1 Å². The van der Waals surface area contributed by atoms with Crippen molar-refractivity contribution in [2.75, 3.05) is 26.2 Å². The van der Waals surface area contributed by atoms with Crippen molar-refractivity contribution in [1.29, 1.82) is 0 Å². The van der Waals surface area contributed by atoms with Crippen LogP contribution in [-0.4, -0.2) is 53.6 Å². The maximum absolute atomic E-state index is 13.0. The van der Waals surface area contributed by atoms with Crippen LogP contribution >= 0.6 is 0 Å². The lowest BCUT2D eigenvalue weighted by Gasteiger charge is -2.22. The van der Waals surface area contributed by atoms with Crippen LogP contribution in [0.5, 0.6) is 0 Å². The van der Waals surface area contributed by atoms with Crippen LogP contribution in [0.15, 0.2) is 58.7 Å². The molecule has 2 aromatic rings. The first-order valence-corrected chi connectivity index (χ1v) is 10.0. The largest absolute Gasteiger partial charge is 0.459 e. The Morgan fingerprint density at radius 2 is 1.66 bits per heavy atom. The number of amides is 2. The van der Waals surface area contributed by atoms with Crippen molar-refractivity contribution in [1.82, 2.24) is 9.80 Å². The van der Waals surface area contributed by atoms with E-state index in [9.17, 15) is 14.4 Å². The number of hydrogen-bond acceptors (Lipinski definition) is 4. The smallest absolute Gasteiger partial charge is 0.289 e. The monoisotopic (exact) mass is 392 g/mol. The van der Waals surface area contributed by atoms with Crippen LogP contribution in [0.2, 0.25) is 0 Å². The maximum Gasteiger partial charge on any atom is 0.289 e. The van der Waals surface area contributed by atoms with Gasteiger partial charge in [-0.05, 0) is 36.1 Å². The average molecular weight is 392 g/mol. The molecule has 1 fully saturated rings. The standard InChI is InChI=1S/C23H24N2O4/c26-20-10-9-18(17-6-2-1-3-7-17)19(20)16-22(27)24-11-5-12-25(14-13-24)23(28)21-8-4-15-29-21/h1-4,6-8,15H,5,9-14,16H2. The zero-order valence-electron chi connectivity index (χ0n) is 16.3. The summed E-state index contributed by atoms with van der Waals surface area (Å²) in [6.07, 6.45) is 3.48. The van der Waals surface area contributed by atoms with E-state index in [1.54, 1.807) is 21.9 Å². The number of nitrogens with zero attached hydrogens (tertiary/aromatic N) is 2. The summed E-state index contributed by atoms with van der Waals surface area (Å²) < 4.78 is 5.20. The lowest BCUT2D eigenvalue weighted by atomic mass is 9.99. The Morgan fingerprint density at radius 3 is 2.41 bits per heavy atom. The van der Waals surface area contributed by atoms with E-state index in [4.69, 9.17) is 4.42 Å². The molecule has 0 bridgehead atoms. The molecule has 2 aliphatic rings. The number of allylic oxidation sites excluding steroid dienone is 1. The quantitative estimate of drug-likeness (QED) is 0.801. The predicted molar refractivity (Wildman–Crippen MR) is 108 cm³/mol. The van der Waals surface area contributed by atoms with Crippen LogP contribution in [-0.2, 0) is 9.59 Å². The van der Waals surface area contributed by atoms with Crippen molar-refractivity contribution in [2.24, 2.45) is 0 Å². The summed E-state index contributed by atoms with van der Waals surface area (Å²) in [5.74, 6) is 0.195. The number of rotatable bonds is 4. The van der Waals surface area contributed by atoms with Crippen LogP contribution in [0.25, 0.3) is 5.57 Å². The highest BCUT2D eigenvalue weighted by Crippen LogP contribution is 2.33. The third-order valence-electron chi connectivity index (χ3n) is 5.62. The SMILES string of the molecule is O=C1CCC(c2ccccc2)=C1CC(=O)N1CCCN(C(=O)c2ccco2)CC1. The van der Waals surface area contributed by atoms with E-state index in [1.165, 1.54) is 6.26 Å². The highest BCUT2D eigenvalue weighted by molar-refractivity contribution is 6.10. The van der Waals surface area contributed by atoms with Gasteiger partial charge in [0, 0.05) is 38.2 Å². The lowest BCUT2D eigenvalue weighted by molar-refractivity contribution is -0.131. The topological polar surface area (TPSA) is 70.8 Å². The molecular weight excluding hydrogens is 368 g/mol.